The monoisotopic (exact) mass is 254 g/mol. The molecule has 0 aromatic carbocycles. The zero-order valence-electron chi connectivity index (χ0n) is 10.5. The summed E-state index contributed by atoms with van der Waals surface area (Å²) in [5.74, 6) is -1.32. The van der Waals surface area contributed by atoms with Gasteiger partial charge >= 0.3 is 5.97 Å². The highest BCUT2D eigenvalue weighted by molar-refractivity contribution is 6.01. The van der Waals surface area contributed by atoms with Crippen LogP contribution in [0.2, 0.25) is 0 Å². The van der Waals surface area contributed by atoms with Crippen LogP contribution < -0.4 is 0 Å². The van der Waals surface area contributed by atoms with Gasteiger partial charge in [0.15, 0.2) is 0 Å². The third-order valence-corrected chi connectivity index (χ3v) is 3.97. The van der Waals surface area contributed by atoms with Gasteiger partial charge in [0.2, 0.25) is 11.8 Å². The summed E-state index contributed by atoms with van der Waals surface area (Å²) in [5.41, 5.74) is 0. The molecule has 0 radical (unpaired) electrons. The van der Waals surface area contributed by atoms with E-state index in [2.05, 4.69) is 0 Å². The number of carbonyl (C=O) groups is 3. The lowest BCUT2D eigenvalue weighted by atomic mass is 10.0. The average molecular weight is 254 g/mol. The summed E-state index contributed by atoms with van der Waals surface area (Å²) in [7, 11) is 0. The highest BCUT2D eigenvalue weighted by Gasteiger charge is 2.36. The number of likely N-dealkylation sites (tertiary alicyclic amines) is 2. The third-order valence-electron chi connectivity index (χ3n) is 3.97. The predicted molar refractivity (Wildman–Crippen MR) is 62.7 cm³/mol. The zero-order chi connectivity index (χ0) is 13.3. The maximum atomic E-state index is 11.4. The van der Waals surface area contributed by atoms with E-state index in [1.807, 2.05) is 11.8 Å². The smallest absolute Gasteiger partial charge is 0.308 e. The predicted octanol–water partition coefficient (Wildman–Crippen LogP) is -0.0696. The number of carbonyl (C=O) groups excluding carboxylic acids is 2. The first-order chi connectivity index (χ1) is 8.50. The van der Waals surface area contributed by atoms with Crippen molar-refractivity contribution < 1.29 is 19.5 Å². The standard InChI is InChI=1S/C12H18N2O4/c1-8-9(12(17)18)4-5-13(8)6-7-14-10(15)2-3-11(14)16/h8-9H,2-7H2,1H3,(H,17,18). The molecule has 6 nitrogen and oxygen atoms in total. The number of aliphatic carboxylic acids is 1. The van der Waals surface area contributed by atoms with Gasteiger partial charge in [-0.1, -0.05) is 0 Å². The van der Waals surface area contributed by atoms with Crippen molar-refractivity contribution in [3.63, 3.8) is 0 Å². The summed E-state index contributed by atoms with van der Waals surface area (Å²) in [6, 6.07) is -0.0321. The molecular weight excluding hydrogens is 236 g/mol. The van der Waals surface area contributed by atoms with Gasteiger partial charge in [0.25, 0.3) is 0 Å². The summed E-state index contributed by atoms with van der Waals surface area (Å²) >= 11 is 0. The second kappa shape index (κ2) is 5.06. The molecule has 2 aliphatic rings. The van der Waals surface area contributed by atoms with E-state index in [0.29, 0.717) is 38.9 Å². The van der Waals surface area contributed by atoms with Crippen molar-refractivity contribution in [3.05, 3.63) is 0 Å². The second-order valence-corrected chi connectivity index (χ2v) is 4.95. The van der Waals surface area contributed by atoms with E-state index in [9.17, 15) is 14.4 Å². The lowest BCUT2D eigenvalue weighted by Crippen LogP contribution is -2.40. The Labute approximate surface area is 106 Å². The Morgan fingerprint density at radius 2 is 1.89 bits per heavy atom. The molecule has 0 bridgehead atoms. The summed E-state index contributed by atoms with van der Waals surface area (Å²) in [6.07, 6.45) is 1.26. The fourth-order valence-electron chi connectivity index (χ4n) is 2.75. The Kier molecular flexibility index (Phi) is 3.65. The minimum absolute atomic E-state index is 0.0321. The SMILES string of the molecule is CC1C(C(=O)O)CCN1CCN1C(=O)CCC1=O. The summed E-state index contributed by atoms with van der Waals surface area (Å²) in [6.45, 7) is 3.56. The molecule has 0 saturated carbocycles. The lowest BCUT2D eigenvalue weighted by molar-refractivity contribution is -0.143. The Morgan fingerprint density at radius 1 is 1.28 bits per heavy atom. The number of amides is 2. The van der Waals surface area contributed by atoms with E-state index in [4.69, 9.17) is 5.11 Å². The topological polar surface area (TPSA) is 77.9 Å². The van der Waals surface area contributed by atoms with E-state index >= 15 is 0 Å². The van der Waals surface area contributed by atoms with E-state index in [1.165, 1.54) is 4.90 Å². The average Bonchev–Trinajstić information content (AvgIpc) is 2.82. The number of imide groups is 1. The van der Waals surface area contributed by atoms with Gasteiger partial charge in [0, 0.05) is 32.0 Å². The minimum atomic E-state index is -0.765. The van der Waals surface area contributed by atoms with Crippen molar-refractivity contribution in [2.24, 2.45) is 5.92 Å². The number of hydrogen-bond donors (Lipinski definition) is 1. The fourth-order valence-corrected chi connectivity index (χ4v) is 2.75. The van der Waals surface area contributed by atoms with Crippen molar-refractivity contribution in [2.75, 3.05) is 19.6 Å². The van der Waals surface area contributed by atoms with E-state index in [0.717, 1.165) is 0 Å². The molecule has 0 spiro atoms. The van der Waals surface area contributed by atoms with Crippen LogP contribution in [-0.4, -0.2) is 58.4 Å². The lowest BCUT2D eigenvalue weighted by Gasteiger charge is -2.25. The molecule has 0 aromatic heterocycles. The van der Waals surface area contributed by atoms with Crippen LogP contribution in [0.25, 0.3) is 0 Å². The van der Waals surface area contributed by atoms with Gasteiger partial charge in [-0.05, 0) is 19.9 Å². The first-order valence-corrected chi connectivity index (χ1v) is 6.30. The molecule has 2 unspecified atom stereocenters. The number of nitrogens with zero attached hydrogens (tertiary/aromatic N) is 2. The van der Waals surface area contributed by atoms with Crippen LogP contribution in [0.1, 0.15) is 26.2 Å². The molecule has 18 heavy (non-hydrogen) atoms. The molecular formula is C12H18N2O4. The Hall–Kier alpha value is -1.43. The number of hydrogen-bond acceptors (Lipinski definition) is 4. The number of rotatable bonds is 4. The molecule has 2 heterocycles. The normalized spacial score (nSPS) is 29.3. The Balaban J connectivity index is 1.86. The minimum Gasteiger partial charge on any atom is -0.481 e. The van der Waals surface area contributed by atoms with E-state index in [-0.39, 0.29) is 23.8 Å². The maximum absolute atomic E-state index is 11.4. The first kappa shape index (κ1) is 13.0. The van der Waals surface area contributed by atoms with E-state index < -0.39 is 5.97 Å². The molecule has 1 N–H and O–H groups in total. The van der Waals surface area contributed by atoms with Crippen LogP contribution in [0.3, 0.4) is 0 Å². The summed E-state index contributed by atoms with van der Waals surface area (Å²) in [5, 5.41) is 9.02. The molecule has 2 atom stereocenters. The number of carboxylic acids is 1. The Morgan fingerprint density at radius 3 is 2.39 bits per heavy atom. The third kappa shape index (κ3) is 2.38. The molecule has 2 fully saturated rings. The second-order valence-electron chi connectivity index (χ2n) is 4.95. The molecule has 2 amide bonds. The summed E-state index contributed by atoms with van der Waals surface area (Å²) < 4.78 is 0. The quantitative estimate of drug-likeness (QED) is 0.711. The van der Waals surface area contributed by atoms with Gasteiger partial charge in [0.05, 0.1) is 5.92 Å². The first-order valence-electron chi connectivity index (χ1n) is 6.30. The maximum Gasteiger partial charge on any atom is 0.308 e. The highest BCUT2D eigenvalue weighted by Crippen LogP contribution is 2.24. The van der Waals surface area contributed by atoms with Crippen LogP contribution >= 0.6 is 0 Å². The molecule has 2 aliphatic heterocycles. The van der Waals surface area contributed by atoms with Gasteiger partial charge in [-0.3, -0.25) is 24.2 Å². The highest BCUT2D eigenvalue weighted by atomic mass is 16.4. The molecule has 100 valence electrons. The van der Waals surface area contributed by atoms with Crippen LogP contribution in [0.15, 0.2) is 0 Å². The fraction of sp³-hybridized carbons (Fsp3) is 0.750. The van der Waals surface area contributed by atoms with Crippen LogP contribution in [0.5, 0.6) is 0 Å². The molecule has 0 aromatic rings. The number of carboxylic acid groups (broad SMARTS) is 1. The molecule has 0 aliphatic carbocycles. The van der Waals surface area contributed by atoms with Crippen molar-refractivity contribution in [1.29, 1.82) is 0 Å². The zero-order valence-corrected chi connectivity index (χ0v) is 10.5. The van der Waals surface area contributed by atoms with Crippen molar-refractivity contribution in [1.82, 2.24) is 9.80 Å². The van der Waals surface area contributed by atoms with Crippen molar-refractivity contribution in [3.8, 4) is 0 Å². The van der Waals surface area contributed by atoms with Gasteiger partial charge in [-0.15, -0.1) is 0 Å². The van der Waals surface area contributed by atoms with Crippen molar-refractivity contribution in [2.45, 2.75) is 32.2 Å². The van der Waals surface area contributed by atoms with Crippen LogP contribution in [0.4, 0.5) is 0 Å². The largest absolute Gasteiger partial charge is 0.481 e. The van der Waals surface area contributed by atoms with Gasteiger partial charge in [0.1, 0.15) is 0 Å². The van der Waals surface area contributed by atoms with Gasteiger partial charge in [-0.25, -0.2) is 0 Å². The van der Waals surface area contributed by atoms with Gasteiger partial charge < -0.3 is 5.11 Å². The van der Waals surface area contributed by atoms with Crippen LogP contribution in [-0.2, 0) is 14.4 Å². The summed E-state index contributed by atoms with van der Waals surface area (Å²) in [4.78, 5) is 37.2. The Bertz CT molecular complexity index is 366. The molecule has 2 rings (SSSR count). The van der Waals surface area contributed by atoms with Crippen molar-refractivity contribution >= 4 is 17.8 Å². The van der Waals surface area contributed by atoms with Gasteiger partial charge in [-0.2, -0.15) is 0 Å². The van der Waals surface area contributed by atoms with E-state index in [1.54, 1.807) is 0 Å². The molecule has 6 heteroatoms. The molecule has 2 saturated heterocycles. The van der Waals surface area contributed by atoms with Crippen LogP contribution in [0, 0.1) is 5.92 Å².